The van der Waals surface area contributed by atoms with Gasteiger partial charge in [-0.3, -0.25) is 9.10 Å². The van der Waals surface area contributed by atoms with Gasteiger partial charge in [0.15, 0.2) is 11.5 Å². The third-order valence-electron chi connectivity index (χ3n) is 4.69. The van der Waals surface area contributed by atoms with Crippen LogP contribution < -0.4 is 19.1 Å². The van der Waals surface area contributed by atoms with Gasteiger partial charge in [-0.15, -0.1) is 0 Å². The molecule has 0 bridgehead atoms. The van der Waals surface area contributed by atoms with E-state index in [1.54, 1.807) is 19.1 Å². The van der Waals surface area contributed by atoms with Crippen LogP contribution >= 0.6 is 0 Å². The van der Waals surface area contributed by atoms with Crippen molar-refractivity contribution in [3.8, 4) is 11.5 Å². The molecule has 1 N–H and O–H groups in total. The zero-order valence-corrected chi connectivity index (χ0v) is 19.7. The number of anilines is 1. The summed E-state index contributed by atoms with van der Waals surface area (Å²) in [4.78, 5) is 13.0. The van der Waals surface area contributed by atoms with Crippen LogP contribution in [0.15, 0.2) is 42.5 Å². The summed E-state index contributed by atoms with van der Waals surface area (Å²) in [5, 5.41) is 2.86. The molecule has 0 radical (unpaired) electrons. The Morgan fingerprint density at radius 1 is 1.00 bits per heavy atom. The lowest BCUT2D eigenvalue weighted by Gasteiger charge is -2.30. The van der Waals surface area contributed by atoms with Gasteiger partial charge in [-0.25, -0.2) is 8.42 Å². The highest BCUT2D eigenvalue weighted by molar-refractivity contribution is 7.92. The largest absolute Gasteiger partial charge is 0.490 e. The van der Waals surface area contributed by atoms with Gasteiger partial charge in [0.2, 0.25) is 15.9 Å². The number of amides is 1. The van der Waals surface area contributed by atoms with Crippen LogP contribution in [-0.2, 0) is 21.4 Å². The van der Waals surface area contributed by atoms with E-state index >= 15 is 0 Å². The lowest BCUT2D eigenvalue weighted by atomic mass is 10.1. The van der Waals surface area contributed by atoms with Gasteiger partial charge in [0.25, 0.3) is 0 Å². The molecule has 0 unspecified atom stereocenters. The maximum atomic E-state index is 13.0. The summed E-state index contributed by atoms with van der Waals surface area (Å²) in [7, 11) is -3.66. The minimum Gasteiger partial charge on any atom is -0.490 e. The number of benzene rings is 2. The summed E-state index contributed by atoms with van der Waals surface area (Å²) < 4.78 is 37.4. The summed E-state index contributed by atoms with van der Waals surface area (Å²) in [6.07, 6.45) is 1.45. The van der Waals surface area contributed by atoms with Crippen molar-refractivity contribution in [2.75, 3.05) is 23.8 Å². The summed E-state index contributed by atoms with van der Waals surface area (Å²) in [6, 6.07) is 11.7. The fourth-order valence-corrected chi connectivity index (χ4v) is 4.48. The molecule has 31 heavy (non-hydrogen) atoms. The molecular formula is C23H32N2O5S. The first-order valence-electron chi connectivity index (χ1n) is 10.4. The van der Waals surface area contributed by atoms with Gasteiger partial charge in [0.1, 0.15) is 6.04 Å². The van der Waals surface area contributed by atoms with Gasteiger partial charge in [0, 0.05) is 6.54 Å². The van der Waals surface area contributed by atoms with Crippen molar-refractivity contribution >= 4 is 21.6 Å². The summed E-state index contributed by atoms with van der Waals surface area (Å²) >= 11 is 0. The van der Waals surface area contributed by atoms with Crippen molar-refractivity contribution < 1.29 is 22.7 Å². The Labute approximate surface area is 185 Å². The number of carbonyl (C=O) groups is 1. The van der Waals surface area contributed by atoms with Gasteiger partial charge in [-0.1, -0.05) is 30.7 Å². The van der Waals surface area contributed by atoms with Crippen LogP contribution in [0.25, 0.3) is 0 Å². The lowest BCUT2D eigenvalue weighted by Crippen LogP contribution is -2.49. The Kier molecular flexibility index (Phi) is 8.74. The summed E-state index contributed by atoms with van der Waals surface area (Å²) in [5.41, 5.74) is 2.31. The van der Waals surface area contributed by atoms with Crippen molar-refractivity contribution in [1.29, 1.82) is 0 Å². The van der Waals surface area contributed by atoms with Crippen LogP contribution in [0.4, 0.5) is 5.69 Å². The Hall–Kier alpha value is -2.74. The topological polar surface area (TPSA) is 84.9 Å². The van der Waals surface area contributed by atoms with Crippen LogP contribution in [0.3, 0.4) is 0 Å². The Morgan fingerprint density at radius 3 is 2.16 bits per heavy atom. The van der Waals surface area contributed by atoms with Gasteiger partial charge in [0.05, 0.1) is 25.2 Å². The van der Waals surface area contributed by atoms with E-state index in [1.807, 2.05) is 51.1 Å². The number of nitrogens with one attached hydrogen (secondary N) is 1. The highest BCUT2D eigenvalue weighted by Crippen LogP contribution is 2.28. The quantitative estimate of drug-likeness (QED) is 0.567. The highest BCUT2D eigenvalue weighted by Gasteiger charge is 2.31. The number of carbonyl (C=O) groups excluding carboxylic acids is 1. The number of rotatable bonds is 11. The molecule has 0 aliphatic rings. The van der Waals surface area contributed by atoms with Gasteiger partial charge in [-0.05, 0) is 57.0 Å². The number of hydrogen-bond acceptors (Lipinski definition) is 5. The SMILES string of the molecule is CCOc1ccc(CNC(=O)[C@H](CC)N(c2ccc(C)cc2)S(C)(=O)=O)cc1OCC. The lowest BCUT2D eigenvalue weighted by molar-refractivity contribution is -0.122. The maximum Gasteiger partial charge on any atom is 0.244 e. The maximum absolute atomic E-state index is 13.0. The van der Waals surface area contributed by atoms with E-state index in [0.29, 0.717) is 36.8 Å². The van der Waals surface area contributed by atoms with Crippen molar-refractivity contribution in [1.82, 2.24) is 5.32 Å². The van der Waals surface area contributed by atoms with Crippen LogP contribution in [0.5, 0.6) is 11.5 Å². The molecule has 0 saturated heterocycles. The number of hydrogen-bond donors (Lipinski definition) is 1. The van der Waals surface area contributed by atoms with E-state index in [-0.39, 0.29) is 12.5 Å². The monoisotopic (exact) mass is 448 g/mol. The molecule has 1 amide bonds. The molecule has 0 aliphatic heterocycles. The van der Waals surface area contributed by atoms with Crippen molar-refractivity contribution in [3.05, 3.63) is 53.6 Å². The second-order valence-electron chi connectivity index (χ2n) is 7.18. The minimum atomic E-state index is -3.66. The van der Waals surface area contributed by atoms with E-state index in [4.69, 9.17) is 9.47 Å². The fraction of sp³-hybridized carbons (Fsp3) is 0.435. The van der Waals surface area contributed by atoms with Crippen molar-refractivity contribution in [2.24, 2.45) is 0 Å². The Bertz CT molecular complexity index is 974. The molecule has 2 rings (SSSR count). The van der Waals surface area contributed by atoms with Crippen LogP contribution in [0, 0.1) is 6.92 Å². The van der Waals surface area contributed by atoms with Crippen molar-refractivity contribution in [2.45, 2.75) is 46.7 Å². The van der Waals surface area contributed by atoms with E-state index < -0.39 is 16.1 Å². The number of sulfonamides is 1. The zero-order chi connectivity index (χ0) is 23.0. The molecule has 2 aromatic rings. The standard InChI is InChI=1S/C23H32N2O5S/c1-6-20(25(31(5,27)28)19-12-9-17(4)10-13-19)23(26)24-16-18-11-14-21(29-7-2)22(15-18)30-8-3/h9-15,20H,6-8,16H2,1-5H3,(H,24,26)/t20-/m0/s1. The average Bonchev–Trinajstić information content (AvgIpc) is 2.72. The molecule has 0 spiro atoms. The van der Waals surface area contributed by atoms with Gasteiger partial charge < -0.3 is 14.8 Å². The molecule has 7 nitrogen and oxygen atoms in total. The van der Waals surface area contributed by atoms with Crippen LogP contribution in [-0.4, -0.2) is 39.8 Å². The third kappa shape index (κ3) is 6.62. The molecule has 2 aromatic carbocycles. The Balaban J connectivity index is 2.21. The number of ether oxygens (including phenoxy) is 2. The number of aryl methyl sites for hydroxylation is 1. The smallest absolute Gasteiger partial charge is 0.244 e. The van der Waals surface area contributed by atoms with E-state index in [9.17, 15) is 13.2 Å². The zero-order valence-electron chi connectivity index (χ0n) is 18.8. The van der Waals surface area contributed by atoms with E-state index in [0.717, 1.165) is 17.4 Å². The third-order valence-corrected chi connectivity index (χ3v) is 5.87. The molecule has 0 aromatic heterocycles. The first-order chi connectivity index (χ1) is 14.7. The first kappa shape index (κ1) is 24.5. The van der Waals surface area contributed by atoms with Crippen molar-refractivity contribution in [3.63, 3.8) is 0 Å². The van der Waals surface area contributed by atoms with Crippen LogP contribution in [0.1, 0.15) is 38.3 Å². The molecular weight excluding hydrogens is 416 g/mol. The summed E-state index contributed by atoms with van der Waals surface area (Å²) in [6.45, 7) is 8.76. The van der Waals surface area contributed by atoms with Gasteiger partial charge in [-0.2, -0.15) is 0 Å². The van der Waals surface area contributed by atoms with Crippen LogP contribution in [0.2, 0.25) is 0 Å². The molecule has 1 atom stereocenters. The second-order valence-corrected chi connectivity index (χ2v) is 9.04. The van der Waals surface area contributed by atoms with E-state index in [1.165, 1.54) is 4.31 Å². The molecule has 0 fully saturated rings. The summed E-state index contributed by atoms with van der Waals surface area (Å²) in [5.74, 6) is 0.898. The molecule has 170 valence electrons. The fourth-order valence-electron chi connectivity index (χ4n) is 3.26. The van der Waals surface area contributed by atoms with E-state index in [2.05, 4.69) is 5.32 Å². The highest BCUT2D eigenvalue weighted by atomic mass is 32.2. The molecule has 8 heteroatoms. The molecule has 0 aliphatic carbocycles. The minimum absolute atomic E-state index is 0.243. The normalized spacial score (nSPS) is 12.2. The second kappa shape index (κ2) is 11.0. The average molecular weight is 449 g/mol. The molecule has 0 heterocycles. The van der Waals surface area contributed by atoms with Gasteiger partial charge >= 0.3 is 0 Å². The molecule has 0 saturated carbocycles. The predicted octanol–water partition coefficient (Wildman–Crippen LogP) is 3.65. The Morgan fingerprint density at radius 2 is 1.61 bits per heavy atom. The predicted molar refractivity (Wildman–Crippen MR) is 123 cm³/mol. The number of nitrogens with zero attached hydrogens (tertiary/aromatic N) is 1. The first-order valence-corrected chi connectivity index (χ1v) is 12.3.